The summed E-state index contributed by atoms with van der Waals surface area (Å²) in [6.45, 7) is 1.36. The molecule has 1 rings (SSSR count). The van der Waals surface area contributed by atoms with E-state index in [1.165, 1.54) is 6.92 Å². The summed E-state index contributed by atoms with van der Waals surface area (Å²) in [5, 5.41) is 8.48. The van der Waals surface area contributed by atoms with Gasteiger partial charge in [0.05, 0.1) is 0 Å². The molecule has 1 N–H and O–H groups in total. The van der Waals surface area contributed by atoms with E-state index in [1.807, 2.05) is 12.1 Å². The van der Waals surface area contributed by atoms with Gasteiger partial charge in [-0.1, -0.05) is 12.1 Å². The minimum Gasteiger partial charge on any atom is -0.481 e. The SMILES string of the molecule is CC(=O)Oc1ccc(CCCCC(=O)O)cc1. The first-order valence-corrected chi connectivity index (χ1v) is 5.57. The van der Waals surface area contributed by atoms with Crippen molar-refractivity contribution in [2.24, 2.45) is 0 Å². The lowest BCUT2D eigenvalue weighted by atomic mass is 10.1. The van der Waals surface area contributed by atoms with Gasteiger partial charge in [0.2, 0.25) is 0 Å². The van der Waals surface area contributed by atoms with Gasteiger partial charge in [-0.3, -0.25) is 9.59 Å². The summed E-state index contributed by atoms with van der Waals surface area (Å²) < 4.78 is 4.91. The molecule has 0 atom stereocenters. The van der Waals surface area contributed by atoms with Gasteiger partial charge in [0.1, 0.15) is 5.75 Å². The normalized spacial score (nSPS) is 9.94. The molecule has 17 heavy (non-hydrogen) atoms. The maximum Gasteiger partial charge on any atom is 0.308 e. The van der Waals surface area contributed by atoms with Crippen molar-refractivity contribution in [1.82, 2.24) is 0 Å². The number of carbonyl (C=O) groups excluding carboxylic acids is 1. The minimum atomic E-state index is -0.754. The Morgan fingerprint density at radius 1 is 1.18 bits per heavy atom. The van der Waals surface area contributed by atoms with E-state index in [2.05, 4.69) is 0 Å². The zero-order chi connectivity index (χ0) is 12.7. The number of hydrogen-bond acceptors (Lipinski definition) is 3. The zero-order valence-electron chi connectivity index (χ0n) is 9.81. The number of ether oxygens (including phenoxy) is 1. The van der Waals surface area contributed by atoms with Crippen molar-refractivity contribution in [3.8, 4) is 5.75 Å². The number of aryl methyl sites for hydroxylation is 1. The van der Waals surface area contributed by atoms with Crippen LogP contribution in [0.2, 0.25) is 0 Å². The van der Waals surface area contributed by atoms with E-state index in [0.717, 1.165) is 18.4 Å². The Labute approximate surface area is 100 Å². The number of carbonyl (C=O) groups is 2. The van der Waals surface area contributed by atoms with Gasteiger partial charge < -0.3 is 9.84 Å². The number of carboxylic acid groups (broad SMARTS) is 1. The smallest absolute Gasteiger partial charge is 0.308 e. The molecule has 1 aromatic rings. The van der Waals surface area contributed by atoms with E-state index < -0.39 is 5.97 Å². The Bertz CT molecular complexity index is 381. The zero-order valence-corrected chi connectivity index (χ0v) is 9.81. The number of benzene rings is 1. The summed E-state index contributed by atoms with van der Waals surface area (Å²) in [7, 11) is 0. The maximum absolute atomic E-state index is 10.7. The van der Waals surface area contributed by atoms with Crippen LogP contribution in [0.4, 0.5) is 0 Å². The van der Waals surface area contributed by atoms with Crippen molar-refractivity contribution in [3.63, 3.8) is 0 Å². The van der Waals surface area contributed by atoms with Gasteiger partial charge >= 0.3 is 11.9 Å². The van der Waals surface area contributed by atoms with Crippen molar-refractivity contribution < 1.29 is 19.4 Å². The first kappa shape index (κ1) is 13.2. The fraction of sp³-hybridized carbons (Fsp3) is 0.385. The van der Waals surface area contributed by atoms with Crippen LogP contribution in [0.5, 0.6) is 5.75 Å². The van der Waals surface area contributed by atoms with Gasteiger partial charge in [-0.15, -0.1) is 0 Å². The van der Waals surface area contributed by atoms with E-state index >= 15 is 0 Å². The molecule has 4 nitrogen and oxygen atoms in total. The third-order valence-corrected chi connectivity index (χ3v) is 2.29. The molecule has 0 amide bonds. The molecule has 92 valence electrons. The Morgan fingerprint density at radius 3 is 2.35 bits per heavy atom. The van der Waals surface area contributed by atoms with Crippen LogP contribution >= 0.6 is 0 Å². The Hall–Kier alpha value is -1.84. The highest BCUT2D eigenvalue weighted by Crippen LogP contribution is 2.14. The minimum absolute atomic E-state index is 0.214. The maximum atomic E-state index is 10.7. The van der Waals surface area contributed by atoms with Crippen LogP contribution in [0.15, 0.2) is 24.3 Å². The number of hydrogen-bond donors (Lipinski definition) is 1. The molecule has 0 aliphatic rings. The molecule has 0 aliphatic heterocycles. The van der Waals surface area contributed by atoms with Gasteiger partial charge in [-0.05, 0) is 37.0 Å². The molecule has 0 fully saturated rings. The second-order valence-corrected chi connectivity index (χ2v) is 3.84. The molecular weight excluding hydrogens is 220 g/mol. The molecule has 0 saturated carbocycles. The van der Waals surface area contributed by atoms with Crippen LogP contribution in [0.3, 0.4) is 0 Å². The van der Waals surface area contributed by atoms with Gasteiger partial charge in [-0.2, -0.15) is 0 Å². The Kier molecular flexibility index (Phi) is 5.20. The fourth-order valence-corrected chi connectivity index (χ4v) is 1.50. The van der Waals surface area contributed by atoms with E-state index in [4.69, 9.17) is 9.84 Å². The van der Waals surface area contributed by atoms with Crippen LogP contribution in [-0.2, 0) is 16.0 Å². The topological polar surface area (TPSA) is 63.6 Å². The van der Waals surface area contributed by atoms with Crippen LogP contribution in [0, 0.1) is 0 Å². The van der Waals surface area contributed by atoms with Gasteiger partial charge in [0, 0.05) is 13.3 Å². The quantitative estimate of drug-likeness (QED) is 0.468. The molecule has 0 heterocycles. The van der Waals surface area contributed by atoms with Crippen molar-refractivity contribution in [2.75, 3.05) is 0 Å². The number of rotatable bonds is 6. The fourth-order valence-electron chi connectivity index (χ4n) is 1.50. The van der Waals surface area contributed by atoms with Crippen molar-refractivity contribution in [2.45, 2.75) is 32.6 Å². The predicted octanol–water partition coefficient (Wildman–Crippen LogP) is 2.41. The summed E-state index contributed by atoms with van der Waals surface area (Å²) in [5.41, 5.74) is 1.12. The molecular formula is C13H16O4. The first-order chi connectivity index (χ1) is 8.08. The monoisotopic (exact) mass is 236 g/mol. The summed E-state index contributed by atoms with van der Waals surface area (Å²) in [5.74, 6) is -0.554. The number of carboxylic acids is 1. The van der Waals surface area contributed by atoms with Crippen LogP contribution in [-0.4, -0.2) is 17.0 Å². The van der Waals surface area contributed by atoms with E-state index in [0.29, 0.717) is 12.2 Å². The standard InChI is InChI=1S/C13H16O4/c1-10(14)17-12-8-6-11(7-9-12)4-2-3-5-13(15)16/h6-9H,2-5H2,1H3,(H,15,16). The molecule has 0 aromatic heterocycles. The average Bonchev–Trinajstić information content (AvgIpc) is 2.25. The van der Waals surface area contributed by atoms with E-state index in [-0.39, 0.29) is 12.4 Å². The van der Waals surface area contributed by atoms with Crippen molar-refractivity contribution >= 4 is 11.9 Å². The molecule has 0 bridgehead atoms. The van der Waals surface area contributed by atoms with E-state index in [9.17, 15) is 9.59 Å². The second kappa shape index (κ2) is 6.68. The summed E-state index contributed by atoms with van der Waals surface area (Å²) >= 11 is 0. The van der Waals surface area contributed by atoms with Gasteiger partial charge in [-0.25, -0.2) is 0 Å². The Balaban J connectivity index is 2.35. The van der Waals surface area contributed by atoms with Gasteiger partial charge in [0.25, 0.3) is 0 Å². The molecule has 4 heteroatoms. The summed E-state index contributed by atoms with van der Waals surface area (Å²) in [6.07, 6.45) is 2.58. The highest BCUT2D eigenvalue weighted by atomic mass is 16.5. The highest BCUT2D eigenvalue weighted by Gasteiger charge is 2.00. The molecule has 1 aromatic carbocycles. The second-order valence-electron chi connectivity index (χ2n) is 3.84. The van der Waals surface area contributed by atoms with Crippen molar-refractivity contribution in [1.29, 1.82) is 0 Å². The molecule has 0 unspecified atom stereocenters. The average molecular weight is 236 g/mol. The van der Waals surface area contributed by atoms with Gasteiger partial charge in [0.15, 0.2) is 0 Å². The third kappa shape index (κ3) is 5.70. The van der Waals surface area contributed by atoms with Crippen LogP contribution in [0.1, 0.15) is 31.7 Å². The predicted molar refractivity (Wildman–Crippen MR) is 62.9 cm³/mol. The highest BCUT2D eigenvalue weighted by molar-refractivity contribution is 5.69. The third-order valence-electron chi connectivity index (χ3n) is 2.29. The molecule has 0 aliphatic carbocycles. The molecule has 0 saturated heterocycles. The van der Waals surface area contributed by atoms with Crippen molar-refractivity contribution in [3.05, 3.63) is 29.8 Å². The largest absolute Gasteiger partial charge is 0.481 e. The lowest BCUT2D eigenvalue weighted by Gasteiger charge is -2.03. The molecule has 0 radical (unpaired) electrons. The van der Waals surface area contributed by atoms with E-state index in [1.54, 1.807) is 12.1 Å². The summed E-state index contributed by atoms with van der Waals surface area (Å²) in [6, 6.07) is 7.26. The Morgan fingerprint density at radius 2 is 1.82 bits per heavy atom. The van der Waals surface area contributed by atoms with Crippen LogP contribution < -0.4 is 4.74 Å². The number of unbranched alkanes of at least 4 members (excludes halogenated alkanes) is 1. The number of aliphatic carboxylic acids is 1. The lowest BCUT2D eigenvalue weighted by Crippen LogP contribution is -2.01. The lowest BCUT2D eigenvalue weighted by molar-refractivity contribution is -0.137. The first-order valence-electron chi connectivity index (χ1n) is 5.57. The molecule has 0 spiro atoms. The summed E-state index contributed by atoms with van der Waals surface area (Å²) in [4.78, 5) is 21.0. The van der Waals surface area contributed by atoms with Crippen LogP contribution in [0.25, 0.3) is 0 Å². The number of esters is 1.